The molecule has 1 aliphatic rings. The fourth-order valence-corrected chi connectivity index (χ4v) is 1.42. The zero-order valence-electron chi connectivity index (χ0n) is 6.28. The molecule has 2 N–H and O–H groups in total. The summed E-state index contributed by atoms with van der Waals surface area (Å²) in [7, 11) is 0. The van der Waals surface area contributed by atoms with Crippen molar-refractivity contribution in [3.8, 4) is 11.5 Å². The van der Waals surface area contributed by atoms with E-state index in [2.05, 4.69) is 20.3 Å². The Morgan fingerprint density at radius 3 is 3.42 bits per heavy atom. The molecule has 0 fully saturated rings. The summed E-state index contributed by atoms with van der Waals surface area (Å²) < 4.78 is 2.03. The Morgan fingerprint density at radius 2 is 2.42 bits per heavy atom. The van der Waals surface area contributed by atoms with Crippen molar-refractivity contribution in [2.45, 2.75) is 6.67 Å². The molecule has 0 radical (unpaired) electrons. The van der Waals surface area contributed by atoms with Crippen LogP contribution < -0.4 is 5.32 Å². The second-order valence-electron chi connectivity index (χ2n) is 2.68. The van der Waals surface area contributed by atoms with Crippen molar-refractivity contribution >= 4 is 5.82 Å². The summed E-state index contributed by atoms with van der Waals surface area (Å²) in [6.07, 6.45) is 5.39. The Morgan fingerprint density at radius 1 is 1.42 bits per heavy atom. The van der Waals surface area contributed by atoms with Crippen LogP contribution in [0.3, 0.4) is 0 Å². The van der Waals surface area contributed by atoms with Crippen LogP contribution in [0.2, 0.25) is 0 Å². The highest BCUT2D eigenvalue weighted by Crippen LogP contribution is 2.26. The summed E-state index contributed by atoms with van der Waals surface area (Å²) in [5.41, 5.74) is 0.964. The number of aromatic amines is 1. The normalized spacial score (nSPS) is 13.3. The first kappa shape index (κ1) is 5.82. The van der Waals surface area contributed by atoms with Crippen LogP contribution >= 0.6 is 0 Å². The number of fused-ring (bicyclic) bond motifs is 3. The number of hydrogen-bond donors (Lipinski definition) is 2. The van der Waals surface area contributed by atoms with Gasteiger partial charge in [-0.05, 0) is 0 Å². The monoisotopic (exact) mass is 161 g/mol. The average molecular weight is 161 g/mol. The fourth-order valence-electron chi connectivity index (χ4n) is 1.42. The minimum Gasteiger partial charge on any atom is -0.350 e. The van der Waals surface area contributed by atoms with E-state index in [-0.39, 0.29) is 0 Å². The van der Waals surface area contributed by atoms with Gasteiger partial charge in [0, 0.05) is 12.4 Å². The van der Waals surface area contributed by atoms with Crippen LogP contribution in [-0.4, -0.2) is 19.5 Å². The molecule has 1 aliphatic heterocycles. The molecular weight excluding hydrogens is 154 g/mol. The van der Waals surface area contributed by atoms with Crippen LogP contribution in [0.5, 0.6) is 0 Å². The highest BCUT2D eigenvalue weighted by atomic mass is 15.2. The minimum absolute atomic E-state index is 0.743. The van der Waals surface area contributed by atoms with Gasteiger partial charge in [0.2, 0.25) is 0 Å². The highest BCUT2D eigenvalue weighted by molar-refractivity contribution is 5.67. The van der Waals surface area contributed by atoms with Crippen molar-refractivity contribution in [3.05, 3.63) is 18.7 Å². The van der Waals surface area contributed by atoms with Gasteiger partial charge in [0.05, 0.1) is 13.0 Å². The van der Waals surface area contributed by atoms with E-state index in [4.69, 9.17) is 0 Å². The zero-order chi connectivity index (χ0) is 7.97. The van der Waals surface area contributed by atoms with Crippen molar-refractivity contribution in [2.75, 3.05) is 5.32 Å². The molecule has 0 atom stereocenters. The van der Waals surface area contributed by atoms with Gasteiger partial charge in [0.25, 0.3) is 0 Å². The lowest BCUT2D eigenvalue weighted by molar-refractivity contribution is 0.763. The van der Waals surface area contributed by atoms with E-state index in [1.807, 2.05) is 10.8 Å². The topological polar surface area (TPSA) is 58.5 Å². The first-order chi connectivity index (χ1) is 5.95. The standard InChI is InChI=1S/C7H7N5/c1-2-12-4-11-6-5(7(12)8-1)9-3-10-6/h1-3,11H,4H2,(H,9,10). The lowest BCUT2D eigenvalue weighted by Crippen LogP contribution is -2.14. The largest absolute Gasteiger partial charge is 0.350 e. The van der Waals surface area contributed by atoms with Gasteiger partial charge in [-0.1, -0.05) is 0 Å². The van der Waals surface area contributed by atoms with Crippen LogP contribution in [0.25, 0.3) is 11.5 Å². The Balaban J connectivity index is 2.32. The summed E-state index contributed by atoms with van der Waals surface area (Å²) in [4.78, 5) is 11.4. The molecule has 0 spiro atoms. The number of rotatable bonds is 0. The van der Waals surface area contributed by atoms with E-state index in [0.29, 0.717) is 0 Å². The van der Waals surface area contributed by atoms with Gasteiger partial charge in [0.1, 0.15) is 5.69 Å². The van der Waals surface area contributed by atoms with E-state index in [1.165, 1.54) is 0 Å². The molecule has 3 rings (SSSR count). The molecule has 5 nitrogen and oxygen atoms in total. The third-order valence-electron chi connectivity index (χ3n) is 2.00. The zero-order valence-corrected chi connectivity index (χ0v) is 6.28. The Hall–Kier alpha value is -1.78. The predicted molar refractivity (Wildman–Crippen MR) is 43.4 cm³/mol. The molecule has 0 amide bonds. The van der Waals surface area contributed by atoms with E-state index < -0.39 is 0 Å². The SMILES string of the molecule is c1cn2c(n1)-c1[nH]cnc1NC2. The molecule has 3 heterocycles. The molecule has 60 valence electrons. The smallest absolute Gasteiger partial charge is 0.161 e. The second kappa shape index (κ2) is 1.88. The molecule has 0 saturated carbocycles. The van der Waals surface area contributed by atoms with Gasteiger partial charge in [0.15, 0.2) is 11.6 Å². The molecule has 0 unspecified atom stereocenters. The summed E-state index contributed by atoms with van der Waals surface area (Å²) in [5.74, 6) is 1.83. The van der Waals surface area contributed by atoms with Gasteiger partial charge in [-0.25, -0.2) is 9.97 Å². The second-order valence-corrected chi connectivity index (χ2v) is 2.68. The minimum atomic E-state index is 0.743. The number of H-pyrrole nitrogens is 1. The first-order valence-electron chi connectivity index (χ1n) is 3.74. The van der Waals surface area contributed by atoms with E-state index >= 15 is 0 Å². The van der Waals surface area contributed by atoms with Crippen molar-refractivity contribution in [1.82, 2.24) is 19.5 Å². The summed E-state index contributed by atoms with van der Waals surface area (Å²) in [5, 5.41) is 3.17. The van der Waals surface area contributed by atoms with Crippen molar-refractivity contribution in [2.24, 2.45) is 0 Å². The number of hydrogen-bond acceptors (Lipinski definition) is 3. The van der Waals surface area contributed by atoms with E-state index in [1.54, 1.807) is 12.5 Å². The summed E-state index contributed by atoms with van der Waals surface area (Å²) >= 11 is 0. The molecule has 2 aromatic rings. The lowest BCUT2D eigenvalue weighted by atomic mass is 10.3. The van der Waals surface area contributed by atoms with Crippen LogP contribution in [-0.2, 0) is 6.67 Å². The van der Waals surface area contributed by atoms with E-state index in [0.717, 1.165) is 24.0 Å². The Kier molecular flexibility index (Phi) is 0.910. The van der Waals surface area contributed by atoms with Gasteiger partial charge < -0.3 is 14.9 Å². The van der Waals surface area contributed by atoms with Crippen LogP contribution in [0.15, 0.2) is 18.7 Å². The van der Waals surface area contributed by atoms with E-state index in [9.17, 15) is 0 Å². The van der Waals surface area contributed by atoms with Crippen LogP contribution in [0, 0.1) is 0 Å². The predicted octanol–water partition coefficient (Wildman–Crippen LogP) is 0.656. The maximum atomic E-state index is 4.22. The fraction of sp³-hybridized carbons (Fsp3) is 0.143. The number of nitrogens with one attached hydrogen (secondary N) is 2. The molecule has 5 heteroatoms. The van der Waals surface area contributed by atoms with Crippen LogP contribution in [0.4, 0.5) is 5.82 Å². The van der Waals surface area contributed by atoms with Gasteiger partial charge in [-0.2, -0.15) is 0 Å². The number of nitrogens with zero attached hydrogens (tertiary/aromatic N) is 3. The van der Waals surface area contributed by atoms with Gasteiger partial charge in [-0.15, -0.1) is 0 Å². The molecular formula is C7H7N5. The summed E-state index contributed by atoms with van der Waals surface area (Å²) in [6, 6.07) is 0. The highest BCUT2D eigenvalue weighted by Gasteiger charge is 2.17. The number of imidazole rings is 2. The summed E-state index contributed by atoms with van der Waals surface area (Å²) in [6.45, 7) is 0.743. The molecule has 2 aromatic heterocycles. The lowest BCUT2D eigenvalue weighted by Gasteiger charge is -2.14. The quantitative estimate of drug-likeness (QED) is 0.596. The Bertz CT molecular complexity index is 373. The number of anilines is 1. The van der Waals surface area contributed by atoms with Gasteiger partial charge in [-0.3, -0.25) is 0 Å². The molecule has 0 saturated heterocycles. The maximum absolute atomic E-state index is 4.22. The average Bonchev–Trinajstić information content (AvgIpc) is 2.71. The Labute approximate surface area is 68.5 Å². The third-order valence-corrected chi connectivity index (χ3v) is 2.00. The van der Waals surface area contributed by atoms with Crippen molar-refractivity contribution in [1.29, 1.82) is 0 Å². The van der Waals surface area contributed by atoms with Crippen molar-refractivity contribution < 1.29 is 0 Å². The first-order valence-corrected chi connectivity index (χ1v) is 3.74. The third kappa shape index (κ3) is 0.578. The molecule has 0 aromatic carbocycles. The van der Waals surface area contributed by atoms with Crippen molar-refractivity contribution in [3.63, 3.8) is 0 Å². The molecule has 0 bridgehead atoms. The number of aromatic nitrogens is 4. The molecule has 12 heavy (non-hydrogen) atoms. The van der Waals surface area contributed by atoms with Crippen LogP contribution in [0.1, 0.15) is 0 Å². The van der Waals surface area contributed by atoms with Gasteiger partial charge >= 0.3 is 0 Å². The maximum Gasteiger partial charge on any atom is 0.161 e. The molecule has 0 aliphatic carbocycles.